The van der Waals surface area contributed by atoms with E-state index in [9.17, 15) is 38.8 Å². The molecule has 3 heterocycles. The van der Waals surface area contributed by atoms with Gasteiger partial charge in [0.1, 0.15) is 30.1 Å². The van der Waals surface area contributed by atoms with Crippen LogP contribution < -0.4 is 0 Å². The van der Waals surface area contributed by atoms with Crippen molar-refractivity contribution < 1.29 is 71.5 Å². The minimum Gasteiger partial charge on any atom is -0.460 e. The Morgan fingerprint density at radius 1 is 0.857 bits per heavy atom. The molecule has 70 heavy (non-hydrogen) atoms. The van der Waals surface area contributed by atoms with Crippen molar-refractivity contribution in [1.82, 2.24) is 4.90 Å². The minimum absolute atomic E-state index is 0.00690. The predicted molar refractivity (Wildman–Crippen MR) is 265 cm³/mol. The van der Waals surface area contributed by atoms with Crippen molar-refractivity contribution in [2.75, 3.05) is 41.6 Å². The number of hydrogen-bond donors (Lipinski definition) is 2. The van der Waals surface area contributed by atoms with E-state index in [-0.39, 0.29) is 48.7 Å². The van der Waals surface area contributed by atoms with Gasteiger partial charge in [-0.05, 0) is 107 Å². The quantitative estimate of drug-likeness (QED) is 0.0982. The molecule has 0 aromatic carbocycles. The maximum atomic E-state index is 14.5. The Hall–Kier alpha value is -3.18. The molecule has 0 aromatic rings. The van der Waals surface area contributed by atoms with Crippen molar-refractivity contribution >= 4 is 36.8 Å². The number of esters is 1. The summed E-state index contributed by atoms with van der Waals surface area (Å²) in [5.74, 6) is -8.26. The van der Waals surface area contributed by atoms with Crippen LogP contribution in [0.2, 0.25) is 0 Å². The summed E-state index contributed by atoms with van der Waals surface area (Å²) >= 11 is 0. The zero-order chi connectivity index (χ0) is 52.1. The van der Waals surface area contributed by atoms with Crippen LogP contribution in [-0.2, 0) is 61.3 Å². The molecular formula is C53H84NO15P. The van der Waals surface area contributed by atoms with E-state index in [1.54, 1.807) is 41.1 Å². The largest absolute Gasteiger partial charge is 0.460 e. The molecule has 17 heteroatoms. The Labute approximate surface area is 416 Å². The van der Waals surface area contributed by atoms with E-state index in [0.29, 0.717) is 69.8 Å². The molecule has 3 aliphatic heterocycles. The number of nitrogens with zero attached hydrogens (tertiary/aromatic N) is 1. The summed E-state index contributed by atoms with van der Waals surface area (Å²) in [6, 6.07) is -1.17. The first-order chi connectivity index (χ1) is 33.0. The van der Waals surface area contributed by atoms with Gasteiger partial charge in [-0.2, -0.15) is 0 Å². The van der Waals surface area contributed by atoms with Gasteiger partial charge in [0.05, 0.1) is 24.4 Å². The number of amides is 1. The van der Waals surface area contributed by atoms with E-state index in [0.717, 1.165) is 5.57 Å². The number of piperidine rings is 1. The Kier molecular flexibility index (Phi) is 23.1. The minimum atomic E-state index is -3.30. The highest BCUT2D eigenvalue weighted by atomic mass is 31.2. The van der Waals surface area contributed by atoms with Gasteiger partial charge < -0.3 is 47.8 Å². The van der Waals surface area contributed by atoms with Crippen LogP contribution in [0.4, 0.5) is 0 Å². The van der Waals surface area contributed by atoms with E-state index in [4.69, 9.17) is 32.7 Å². The maximum Gasteiger partial charge on any atom is 0.329 e. The molecule has 2 N–H and O–H groups in total. The summed E-state index contributed by atoms with van der Waals surface area (Å²) in [5, 5.41) is 23.5. The fourth-order valence-electron chi connectivity index (χ4n) is 10.5. The molecule has 0 aromatic heterocycles. The fraction of sp³-hybridized carbons (Fsp3) is 0.755. The molecule has 4 aliphatic rings. The van der Waals surface area contributed by atoms with Gasteiger partial charge in [0.15, 0.2) is 5.78 Å². The van der Waals surface area contributed by atoms with Gasteiger partial charge in [0, 0.05) is 72.2 Å². The van der Waals surface area contributed by atoms with E-state index in [1.807, 2.05) is 58.1 Å². The number of ketones is 3. The van der Waals surface area contributed by atoms with Crippen molar-refractivity contribution in [2.24, 2.45) is 35.5 Å². The summed E-state index contributed by atoms with van der Waals surface area (Å²) in [5.41, 5.74) is 1.24. The van der Waals surface area contributed by atoms with Crippen LogP contribution in [0.25, 0.3) is 0 Å². The lowest BCUT2D eigenvalue weighted by Gasteiger charge is -2.42. The fourth-order valence-corrected chi connectivity index (χ4v) is 11.3. The van der Waals surface area contributed by atoms with Crippen molar-refractivity contribution in [3.63, 3.8) is 0 Å². The van der Waals surface area contributed by atoms with Gasteiger partial charge in [-0.15, -0.1) is 0 Å². The van der Waals surface area contributed by atoms with Crippen LogP contribution in [-0.4, -0.2) is 141 Å². The summed E-state index contributed by atoms with van der Waals surface area (Å²) in [6.07, 6.45) is 10.8. The molecule has 1 amide bonds. The summed E-state index contributed by atoms with van der Waals surface area (Å²) in [6.45, 7) is 14.1. The highest BCUT2D eigenvalue weighted by Gasteiger charge is 2.53. The normalized spacial score (nSPS) is 38.1. The maximum absolute atomic E-state index is 14.5. The third-order valence-corrected chi connectivity index (χ3v) is 16.4. The molecule has 0 spiro atoms. The zero-order valence-corrected chi connectivity index (χ0v) is 44.7. The monoisotopic (exact) mass is 1010 g/mol. The standard InChI is InChI=1S/C53H84NO15P/c1-32-18-14-13-15-19-33(2)44(63-8)30-40-23-21-38(7)53(61,68-40)50(58)51(59)54-25-17-16-20-41(54)52(60)67-45(35(4)28-39-22-24-43(46(29-39)64-9)69-70(12,62)66-11)31-42(55)34(3)27-37(6)48(57)49(65-10)47(56)36(5)26-32/h13-15,18-19,27,32,34-36,38-41,43-46,48-49,57,61H,16-17,20-26,28-31H2,1-12H3/b15-13?,18-14+,33-19?,37-27+/t32-,34-,35-,36-,38-,39+,40+,41?,43?,44+,45+,46-,48-,49+,53-,70?/m1/s1. The predicted octanol–water partition coefficient (Wildman–Crippen LogP) is 7.67. The molecule has 2 bridgehead atoms. The number of aliphatic hydroxyl groups excluding tert-OH is 1. The third kappa shape index (κ3) is 15.9. The number of carbonyl (C=O) groups excluding carboxylic acids is 5. The van der Waals surface area contributed by atoms with Gasteiger partial charge in [-0.1, -0.05) is 71.1 Å². The molecule has 3 fully saturated rings. The molecule has 396 valence electrons. The van der Waals surface area contributed by atoms with E-state index in [1.165, 1.54) is 25.8 Å². The lowest BCUT2D eigenvalue weighted by atomic mass is 9.78. The van der Waals surface area contributed by atoms with Gasteiger partial charge in [0.25, 0.3) is 11.7 Å². The molecule has 1 aliphatic carbocycles. The second-order valence-corrected chi connectivity index (χ2v) is 22.7. The Bertz CT molecular complexity index is 1970. The van der Waals surface area contributed by atoms with Gasteiger partial charge in [-0.3, -0.25) is 23.7 Å². The van der Waals surface area contributed by atoms with Crippen LogP contribution >= 0.6 is 7.60 Å². The van der Waals surface area contributed by atoms with Crippen molar-refractivity contribution in [1.29, 1.82) is 0 Å². The second-order valence-electron chi connectivity index (χ2n) is 20.6. The lowest BCUT2D eigenvalue weighted by molar-refractivity contribution is -0.265. The van der Waals surface area contributed by atoms with Crippen LogP contribution in [0.15, 0.2) is 47.6 Å². The van der Waals surface area contributed by atoms with Crippen LogP contribution in [0.5, 0.6) is 0 Å². The third-order valence-electron chi connectivity index (χ3n) is 15.1. The number of aliphatic hydroxyl groups is 2. The van der Waals surface area contributed by atoms with E-state index >= 15 is 0 Å². The van der Waals surface area contributed by atoms with E-state index in [2.05, 4.69) is 0 Å². The highest BCUT2D eigenvalue weighted by Crippen LogP contribution is 2.48. The number of rotatable bonds is 9. The molecule has 0 radical (unpaired) electrons. The van der Waals surface area contributed by atoms with Crippen molar-refractivity contribution in [2.45, 2.75) is 180 Å². The molecule has 4 rings (SSSR count). The van der Waals surface area contributed by atoms with Crippen LogP contribution in [0.3, 0.4) is 0 Å². The Balaban J connectivity index is 1.70. The molecular weight excluding hydrogens is 922 g/mol. The first kappa shape index (κ1) is 59.4. The molecule has 16 nitrogen and oxygen atoms in total. The van der Waals surface area contributed by atoms with Gasteiger partial charge in [-0.25, -0.2) is 4.79 Å². The summed E-state index contributed by atoms with van der Waals surface area (Å²) in [7, 11) is 2.55. The topological polar surface area (TPSA) is 211 Å². The molecule has 3 unspecified atom stereocenters. The summed E-state index contributed by atoms with van der Waals surface area (Å²) in [4.78, 5) is 72.3. The number of allylic oxidation sites excluding steroid dienone is 6. The average molecular weight is 1010 g/mol. The molecule has 1 saturated carbocycles. The zero-order valence-electron chi connectivity index (χ0n) is 43.8. The van der Waals surface area contributed by atoms with E-state index < -0.39 is 97.6 Å². The van der Waals surface area contributed by atoms with Crippen molar-refractivity contribution in [3.8, 4) is 0 Å². The number of ether oxygens (including phenoxy) is 5. The smallest absolute Gasteiger partial charge is 0.329 e. The average Bonchev–Trinajstić information content (AvgIpc) is 3.33. The number of carbonyl (C=O) groups is 5. The Morgan fingerprint density at radius 2 is 1.57 bits per heavy atom. The SMILES string of the molecule is CO[C@H]1C[C@@H]2CC[C@@H](C)[C@@](O)(O2)C(=O)C(=O)N2CCCCC2C(=O)O[C@H]([C@H](C)C[C@@H]2CCC(OP(C)(=O)OC)[C@H](OC)C2)CC(=O)[C@H](C)/C=C(\C)[C@@H](O)[C@@H](OC)C(=O)[C@H](C)C[C@H](C)/C=C/C=CC=C1C. The number of hydrogen-bond acceptors (Lipinski definition) is 15. The second kappa shape index (κ2) is 27.2. The van der Waals surface area contributed by atoms with Crippen molar-refractivity contribution in [3.05, 3.63) is 47.6 Å². The highest BCUT2D eigenvalue weighted by molar-refractivity contribution is 7.52. The number of Topliss-reactive ketones (excluding diaryl/α,β-unsaturated/α-hetero) is 3. The first-order valence-corrected chi connectivity index (χ1v) is 27.3. The Morgan fingerprint density at radius 3 is 2.23 bits per heavy atom. The molecule has 2 saturated heterocycles. The lowest BCUT2D eigenvalue weighted by Crippen LogP contribution is -2.61. The van der Waals surface area contributed by atoms with Crippen LogP contribution in [0, 0.1) is 35.5 Å². The van der Waals surface area contributed by atoms with Crippen LogP contribution in [0.1, 0.15) is 126 Å². The number of cyclic esters (lactones) is 1. The number of methoxy groups -OCH3 is 3. The molecule has 16 atom stereocenters. The summed E-state index contributed by atoms with van der Waals surface area (Å²) < 4.78 is 53.4. The first-order valence-electron chi connectivity index (χ1n) is 25.3. The van der Waals surface area contributed by atoms with Gasteiger partial charge in [0.2, 0.25) is 5.79 Å². The van der Waals surface area contributed by atoms with Gasteiger partial charge >= 0.3 is 13.6 Å². The number of fused-ring (bicyclic) bond motifs is 3.